The standard InChI is InChI=1S/C18H21NO3S/c1-13(16-11-14(21-2)9-10-17(16)22-3)19-18(20)12-23-15-7-5-4-6-8-15/h4-11,13H,12H2,1-3H3,(H,19,20). The lowest BCUT2D eigenvalue weighted by atomic mass is 10.1. The first-order chi connectivity index (χ1) is 11.1. The quantitative estimate of drug-likeness (QED) is 0.786. The molecule has 4 nitrogen and oxygen atoms in total. The smallest absolute Gasteiger partial charge is 0.230 e. The normalized spacial score (nSPS) is 11.6. The number of carbonyl (C=O) groups excluding carboxylic acids is 1. The van der Waals surface area contributed by atoms with E-state index in [1.54, 1.807) is 14.2 Å². The van der Waals surface area contributed by atoms with Crippen molar-refractivity contribution in [3.05, 3.63) is 54.1 Å². The van der Waals surface area contributed by atoms with Gasteiger partial charge in [0.2, 0.25) is 5.91 Å². The largest absolute Gasteiger partial charge is 0.497 e. The van der Waals surface area contributed by atoms with E-state index in [1.165, 1.54) is 11.8 Å². The van der Waals surface area contributed by atoms with Crippen LogP contribution in [0.4, 0.5) is 0 Å². The van der Waals surface area contributed by atoms with E-state index in [2.05, 4.69) is 5.32 Å². The Kier molecular flexibility index (Phi) is 6.35. The molecule has 0 bridgehead atoms. The zero-order valence-corrected chi connectivity index (χ0v) is 14.4. The van der Waals surface area contributed by atoms with Crippen LogP contribution in [0.2, 0.25) is 0 Å². The molecule has 1 unspecified atom stereocenters. The zero-order valence-electron chi connectivity index (χ0n) is 13.5. The van der Waals surface area contributed by atoms with E-state index < -0.39 is 0 Å². The SMILES string of the molecule is COc1ccc(OC)c(C(C)NC(=O)CSc2ccccc2)c1. The molecule has 0 aliphatic rings. The number of thioether (sulfide) groups is 1. The van der Waals surface area contributed by atoms with Gasteiger partial charge in [-0.3, -0.25) is 4.79 Å². The summed E-state index contributed by atoms with van der Waals surface area (Å²) in [6.45, 7) is 1.93. The Morgan fingerprint density at radius 2 is 1.87 bits per heavy atom. The van der Waals surface area contributed by atoms with Gasteiger partial charge in [-0.2, -0.15) is 0 Å². The molecule has 122 valence electrons. The van der Waals surface area contributed by atoms with Crippen LogP contribution in [0.25, 0.3) is 0 Å². The summed E-state index contributed by atoms with van der Waals surface area (Å²) in [5.41, 5.74) is 0.893. The highest BCUT2D eigenvalue weighted by molar-refractivity contribution is 8.00. The van der Waals surface area contributed by atoms with Gasteiger partial charge in [0, 0.05) is 10.5 Å². The molecule has 1 amide bonds. The minimum Gasteiger partial charge on any atom is -0.497 e. The van der Waals surface area contributed by atoms with Crippen molar-refractivity contribution in [3.63, 3.8) is 0 Å². The van der Waals surface area contributed by atoms with E-state index >= 15 is 0 Å². The highest BCUT2D eigenvalue weighted by Gasteiger charge is 2.15. The summed E-state index contributed by atoms with van der Waals surface area (Å²) in [4.78, 5) is 13.2. The lowest BCUT2D eigenvalue weighted by Gasteiger charge is -2.18. The van der Waals surface area contributed by atoms with Gasteiger partial charge in [0.1, 0.15) is 11.5 Å². The molecule has 0 aromatic heterocycles. The summed E-state index contributed by atoms with van der Waals surface area (Å²) in [5.74, 6) is 1.83. The predicted molar refractivity (Wildman–Crippen MR) is 93.3 cm³/mol. The Morgan fingerprint density at radius 1 is 1.13 bits per heavy atom. The second-order valence-corrected chi connectivity index (χ2v) is 6.05. The van der Waals surface area contributed by atoms with E-state index in [9.17, 15) is 4.79 Å². The Balaban J connectivity index is 1.98. The molecule has 1 atom stereocenters. The van der Waals surface area contributed by atoms with Gasteiger partial charge in [-0.05, 0) is 37.3 Å². The first kappa shape index (κ1) is 17.2. The van der Waals surface area contributed by atoms with E-state index in [-0.39, 0.29) is 11.9 Å². The maximum absolute atomic E-state index is 12.2. The Labute approximate surface area is 141 Å². The fourth-order valence-electron chi connectivity index (χ4n) is 2.20. The Hall–Kier alpha value is -2.14. The average Bonchev–Trinajstić information content (AvgIpc) is 2.60. The van der Waals surface area contributed by atoms with Crippen molar-refractivity contribution in [2.45, 2.75) is 17.9 Å². The van der Waals surface area contributed by atoms with Gasteiger partial charge in [0.15, 0.2) is 0 Å². The molecule has 0 saturated carbocycles. The molecule has 5 heteroatoms. The number of hydrogen-bond acceptors (Lipinski definition) is 4. The maximum Gasteiger partial charge on any atom is 0.230 e. The number of ether oxygens (including phenoxy) is 2. The molecule has 0 fully saturated rings. The second kappa shape index (κ2) is 8.48. The van der Waals surface area contributed by atoms with Crippen molar-refractivity contribution < 1.29 is 14.3 Å². The number of carbonyl (C=O) groups is 1. The van der Waals surface area contributed by atoms with Crippen LogP contribution < -0.4 is 14.8 Å². The zero-order chi connectivity index (χ0) is 16.7. The van der Waals surface area contributed by atoms with Gasteiger partial charge in [0.05, 0.1) is 26.0 Å². The van der Waals surface area contributed by atoms with Crippen molar-refractivity contribution in [1.29, 1.82) is 0 Å². The number of amides is 1. The van der Waals surface area contributed by atoms with Gasteiger partial charge in [-0.25, -0.2) is 0 Å². The lowest BCUT2D eigenvalue weighted by molar-refractivity contribution is -0.119. The Morgan fingerprint density at radius 3 is 2.52 bits per heavy atom. The van der Waals surface area contributed by atoms with Crippen LogP contribution in [0.1, 0.15) is 18.5 Å². The molecule has 23 heavy (non-hydrogen) atoms. The van der Waals surface area contributed by atoms with Crippen LogP contribution in [-0.4, -0.2) is 25.9 Å². The fourth-order valence-corrected chi connectivity index (χ4v) is 2.93. The Bertz CT molecular complexity index is 646. The molecule has 0 saturated heterocycles. The highest BCUT2D eigenvalue weighted by atomic mass is 32.2. The van der Waals surface area contributed by atoms with Crippen LogP contribution in [0.5, 0.6) is 11.5 Å². The molecule has 1 N–H and O–H groups in total. The third-order valence-corrected chi connectivity index (χ3v) is 4.41. The summed E-state index contributed by atoms with van der Waals surface area (Å²) >= 11 is 1.52. The molecule has 2 aromatic rings. The molecular formula is C18H21NO3S. The summed E-state index contributed by atoms with van der Waals surface area (Å²) in [5, 5.41) is 3.00. The van der Waals surface area contributed by atoms with Crippen molar-refractivity contribution in [2.24, 2.45) is 0 Å². The van der Waals surface area contributed by atoms with Gasteiger partial charge in [-0.15, -0.1) is 11.8 Å². The highest BCUT2D eigenvalue weighted by Crippen LogP contribution is 2.29. The summed E-state index contributed by atoms with van der Waals surface area (Å²) in [7, 11) is 3.23. The van der Waals surface area contributed by atoms with Gasteiger partial charge in [-0.1, -0.05) is 18.2 Å². The minimum absolute atomic E-state index is 0.0174. The van der Waals surface area contributed by atoms with Gasteiger partial charge >= 0.3 is 0 Å². The fraction of sp³-hybridized carbons (Fsp3) is 0.278. The lowest BCUT2D eigenvalue weighted by Crippen LogP contribution is -2.28. The number of methoxy groups -OCH3 is 2. The molecule has 0 aliphatic carbocycles. The van der Waals surface area contributed by atoms with Gasteiger partial charge in [0.25, 0.3) is 0 Å². The molecular weight excluding hydrogens is 310 g/mol. The predicted octanol–water partition coefficient (Wildman–Crippen LogP) is 3.67. The summed E-state index contributed by atoms with van der Waals surface area (Å²) in [6.07, 6.45) is 0. The van der Waals surface area contributed by atoms with Crippen molar-refractivity contribution in [1.82, 2.24) is 5.32 Å². The number of rotatable bonds is 7. The van der Waals surface area contributed by atoms with Gasteiger partial charge < -0.3 is 14.8 Å². The molecule has 2 rings (SSSR count). The summed E-state index contributed by atoms with van der Waals surface area (Å²) < 4.78 is 10.6. The van der Waals surface area contributed by atoms with Crippen molar-refractivity contribution in [3.8, 4) is 11.5 Å². The van der Waals surface area contributed by atoms with Crippen LogP contribution in [0, 0.1) is 0 Å². The monoisotopic (exact) mass is 331 g/mol. The summed E-state index contributed by atoms with van der Waals surface area (Å²) in [6, 6.07) is 15.3. The third-order valence-electron chi connectivity index (χ3n) is 3.39. The van der Waals surface area contributed by atoms with Crippen molar-refractivity contribution in [2.75, 3.05) is 20.0 Å². The first-order valence-corrected chi connectivity index (χ1v) is 8.31. The number of nitrogens with one attached hydrogen (secondary N) is 1. The molecule has 0 spiro atoms. The second-order valence-electron chi connectivity index (χ2n) is 5.00. The number of benzene rings is 2. The first-order valence-electron chi connectivity index (χ1n) is 7.33. The minimum atomic E-state index is -0.163. The molecule has 0 radical (unpaired) electrons. The van der Waals surface area contributed by atoms with Crippen LogP contribution in [0.15, 0.2) is 53.4 Å². The molecule has 0 aliphatic heterocycles. The van der Waals surface area contributed by atoms with E-state index in [0.29, 0.717) is 5.75 Å². The maximum atomic E-state index is 12.2. The topological polar surface area (TPSA) is 47.6 Å². The van der Waals surface area contributed by atoms with Crippen LogP contribution in [-0.2, 0) is 4.79 Å². The van der Waals surface area contributed by atoms with Crippen LogP contribution in [0.3, 0.4) is 0 Å². The van der Waals surface area contributed by atoms with Crippen molar-refractivity contribution >= 4 is 17.7 Å². The average molecular weight is 331 g/mol. The molecule has 2 aromatic carbocycles. The number of hydrogen-bond donors (Lipinski definition) is 1. The van der Waals surface area contributed by atoms with E-state index in [1.807, 2.05) is 55.5 Å². The third kappa shape index (κ3) is 4.93. The molecule has 0 heterocycles. The van der Waals surface area contributed by atoms with E-state index in [4.69, 9.17) is 9.47 Å². The van der Waals surface area contributed by atoms with Crippen LogP contribution >= 0.6 is 11.8 Å². The van der Waals surface area contributed by atoms with E-state index in [0.717, 1.165) is 22.0 Å².